The van der Waals surface area contributed by atoms with E-state index in [-0.39, 0.29) is 16.7 Å². The molecule has 0 spiro atoms. The number of hydrogen-bond acceptors (Lipinski definition) is 6. The van der Waals surface area contributed by atoms with Gasteiger partial charge < -0.3 is 26.1 Å². The summed E-state index contributed by atoms with van der Waals surface area (Å²) >= 11 is 0. The summed E-state index contributed by atoms with van der Waals surface area (Å²) in [6.45, 7) is 0.934. The lowest BCUT2D eigenvalue weighted by atomic mass is 9.88. The van der Waals surface area contributed by atoms with Crippen molar-refractivity contribution in [3.63, 3.8) is 0 Å². The number of carboxylic acid groups (broad SMARTS) is 1. The van der Waals surface area contributed by atoms with Crippen LogP contribution in [0, 0.1) is 0 Å². The summed E-state index contributed by atoms with van der Waals surface area (Å²) < 4.78 is 6.03. The molecule has 0 unspecified atom stereocenters. The van der Waals surface area contributed by atoms with E-state index >= 15 is 0 Å². The summed E-state index contributed by atoms with van der Waals surface area (Å²) in [5.74, 6) is -0.662. The minimum atomic E-state index is -1.06. The maximum atomic E-state index is 12.7. The van der Waals surface area contributed by atoms with Crippen molar-refractivity contribution in [2.45, 2.75) is 25.7 Å². The van der Waals surface area contributed by atoms with Gasteiger partial charge >= 0.3 is 5.97 Å². The lowest BCUT2D eigenvalue weighted by Gasteiger charge is -2.18. The molecule has 0 saturated heterocycles. The van der Waals surface area contributed by atoms with E-state index in [0.29, 0.717) is 83.3 Å². The molecular formula is C26H26N2O5. The van der Waals surface area contributed by atoms with Crippen LogP contribution in [0.5, 0.6) is 5.75 Å². The zero-order chi connectivity index (χ0) is 23.5. The number of aromatic hydroxyl groups is 1. The Hall–Kier alpha value is -3.68. The molecule has 0 atom stereocenters. The molecule has 2 aromatic rings. The van der Waals surface area contributed by atoms with Gasteiger partial charge in [-0.15, -0.1) is 0 Å². The summed E-state index contributed by atoms with van der Waals surface area (Å²) in [5, 5.41) is 21.1. The van der Waals surface area contributed by atoms with Crippen LogP contribution < -0.4 is 16.9 Å². The Bertz CT molecular complexity index is 1360. The van der Waals surface area contributed by atoms with Crippen molar-refractivity contribution >= 4 is 16.9 Å². The lowest BCUT2D eigenvalue weighted by molar-refractivity contribution is 0.0697. The highest BCUT2D eigenvalue weighted by molar-refractivity contribution is 6.07. The van der Waals surface area contributed by atoms with Crippen LogP contribution in [0.25, 0.3) is 33.4 Å². The fourth-order valence-corrected chi connectivity index (χ4v) is 4.20. The minimum absolute atomic E-state index is 0.0680. The number of aryl methyl sites for hydroxylation is 2. The Morgan fingerprint density at radius 3 is 2.30 bits per heavy atom. The standard InChI is InChI=1S/C26H26N2O5/c27-9-3-5-15-11-19-23(13-21(15)29)33-24-14-22(30)16(6-4-10-28)12-20(24)25(19)17-7-1-2-8-18(17)26(31)32/h1-2,7-8,11-14,29H,3-6,9-10,27-28H2,(H,31,32). The zero-order valence-electron chi connectivity index (χ0n) is 18.1. The van der Waals surface area contributed by atoms with Crippen LogP contribution in [0.15, 0.2) is 57.7 Å². The molecule has 2 aromatic carbocycles. The number of carbonyl (C=O) groups is 1. The number of fused-ring (bicyclic) bond motifs is 2. The van der Waals surface area contributed by atoms with Crippen LogP contribution in [-0.2, 0) is 12.8 Å². The van der Waals surface area contributed by atoms with Crippen LogP contribution in [0.1, 0.15) is 34.3 Å². The smallest absolute Gasteiger partial charge is 0.336 e. The maximum Gasteiger partial charge on any atom is 0.336 e. The number of hydrogen-bond donors (Lipinski definition) is 4. The van der Waals surface area contributed by atoms with Gasteiger partial charge in [0.15, 0.2) is 5.43 Å². The number of benzene rings is 3. The Morgan fingerprint density at radius 2 is 1.61 bits per heavy atom. The second kappa shape index (κ2) is 9.44. The molecular weight excluding hydrogens is 420 g/mol. The van der Waals surface area contributed by atoms with E-state index in [1.54, 1.807) is 30.3 Å². The molecule has 33 heavy (non-hydrogen) atoms. The van der Waals surface area contributed by atoms with Gasteiger partial charge in [0.25, 0.3) is 0 Å². The van der Waals surface area contributed by atoms with Gasteiger partial charge in [-0.2, -0.15) is 0 Å². The highest BCUT2D eigenvalue weighted by Crippen LogP contribution is 2.43. The lowest BCUT2D eigenvalue weighted by Crippen LogP contribution is -2.12. The molecule has 0 amide bonds. The van der Waals surface area contributed by atoms with E-state index in [1.165, 1.54) is 12.1 Å². The number of phenols is 1. The summed E-state index contributed by atoms with van der Waals surface area (Å²) in [6.07, 6.45) is 2.43. The highest BCUT2D eigenvalue weighted by atomic mass is 16.4. The van der Waals surface area contributed by atoms with Gasteiger partial charge in [-0.25, -0.2) is 4.79 Å². The van der Waals surface area contributed by atoms with Crippen LogP contribution in [0.2, 0.25) is 0 Å². The third kappa shape index (κ3) is 4.33. The third-order valence-corrected chi connectivity index (χ3v) is 5.83. The Balaban J connectivity index is 2.12. The van der Waals surface area contributed by atoms with Crippen molar-refractivity contribution in [1.29, 1.82) is 0 Å². The minimum Gasteiger partial charge on any atom is -0.508 e. The SMILES string of the molecule is NCCCc1cc2c(-c3ccccc3C(=O)O)c3cc(CCCN)c(=O)cc-3oc2cc1O. The summed E-state index contributed by atoms with van der Waals surface area (Å²) in [7, 11) is 0. The first-order chi connectivity index (χ1) is 15.9. The second-order valence-corrected chi connectivity index (χ2v) is 8.05. The summed E-state index contributed by atoms with van der Waals surface area (Å²) in [4.78, 5) is 24.7. The largest absolute Gasteiger partial charge is 0.508 e. The Labute approximate surface area is 190 Å². The van der Waals surface area contributed by atoms with Crippen molar-refractivity contribution in [2.75, 3.05) is 13.1 Å². The van der Waals surface area contributed by atoms with E-state index in [1.807, 2.05) is 6.07 Å². The average molecular weight is 447 g/mol. The maximum absolute atomic E-state index is 12.7. The molecule has 4 rings (SSSR count). The molecule has 0 fully saturated rings. The monoisotopic (exact) mass is 446 g/mol. The fraction of sp³-hybridized carbons (Fsp3) is 0.231. The first-order valence-corrected chi connectivity index (χ1v) is 10.9. The zero-order valence-corrected chi connectivity index (χ0v) is 18.1. The van der Waals surface area contributed by atoms with Gasteiger partial charge in [0.1, 0.15) is 17.1 Å². The number of rotatable bonds is 8. The van der Waals surface area contributed by atoms with E-state index in [0.717, 1.165) is 0 Å². The quantitative estimate of drug-likeness (QED) is 0.302. The van der Waals surface area contributed by atoms with Gasteiger partial charge in [0, 0.05) is 34.2 Å². The first kappa shape index (κ1) is 22.5. The predicted octanol–water partition coefficient (Wildman–Crippen LogP) is 3.75. The molecule has 2 aliphatic rings. The number of aromatic carboxylic acids is 1. The van der Waals surface area contributed by atoms with Crippen LogP contribution in [0.4, 0.5) is 0 Å². The predicted molar refractivity (Wildman–Crippen MR) is 128 cm³/mol. The van der Waals surface area contributed by atoms with E-state index < -0.39 is 5.97 Å². The van der Waals surface area contributed by atoms with Gasteiger partial charge in [0.05, 0.1) is 5.56 Å². The topological polar surface area (TPSA) is 140 Å². The third-order valence-electron chi connectivity index (χ3n) is 5.83. The normalized spacial score (nSPS) is 11.3. The molecule has 1 aliphatic heterocycles. The van der Waals surface area contributed by atoms with Crippen LogP contribution in [-0.4, -0.2) is 29.3 Å². The van der Waals surface area contributed by atoms with Gasteiger partial charge in [-0.3, -0.25) is 4.79 Å². The van der Waals surface area contributed by atoms with Gasteiger partial charge in [-0.1, -0.05) is 18.2 Å². The summed E-state index contributed by atoms with van der Waals surface area (Å²) in [6, 6.07) is 13.3. The molecule has 170 valence electrons. The number of nitrogens with two attached hydrogens (primary N) is 2. The molecule has 0 aromatic heterocycles. The van der Waals surface area contributed by atoms with Crippen molar-refractivity contribution in [1.82, 2.24) is 0 Å². The van der Waals surface area contributed by atoms with Crippen molar-refractivity contribution < 1.29 is 19.4 Å². The molecule has 1 aliphatic carbocycles. The van der Waals surface area contributed by atoms with Crippen molar-refractivity contribution in [2.24, 2.45) is 11.5 Å². The van der Waals surface area contributed by atoms with Crippen molar-refractivity contribution in [3.8, 4) is 28.2 Å². The molecule has 0 radical (unpaired) electrons. The van der Waals surface area contributed by atoms with Gasteiger partial charge in [-0.05, 0) is 68.1 Å². The fourth-order valence-electron chi connectivity index (χ4n) is 4.20. The Kier molecular flexibility index (Phi) is 6.44. The van der Waals surface area contributed by atoms with Crippen LogP contribution >= 0.6 is 0 Å². The molecule has 0 bridgehead atoms. The number of phenolic OH excluding ortho intramolecular Hbond substituents is 1. The van der Waals surface area contributed by atoms with E-state index in [2.05, 4.69) is 0 Å². The Morgan fingerprint density at radius 1 is 0.909 bits per heavy atom. The van der Waals surface area contributed by atoms with E-state index in [9.17, 15) is 19.8 Å². The molecule has 1 heterocycles. The average Bonchev–Trinajstić information content (AvgIpc) is 2.80. The molecule has 7 heteroatoms. The summed E-state index contributed by atoms with van der Waals surface area (Å²) in [5.41, 5.74) is 14.7. The number of carboxylic acids is 1. The van der Waals surface area contributed by atoms with E-state index in [4.69, 9.17) is 15.9 Å². The molecule has 6 N–H and O–H groups in total. The molecule has 0 saturated carbocycles. The second-order valence-electron chi connectivity index (χ2n) is 8.05. The molecule has 7 nitrogen and oxygen atoms in total. The van der Waals surface area contributed by atoms with Crippen LogP contribution in [0.3, 0.4) is 0 Å². The first-order valence-electron chi connectivity index (χ1n) is 10.9. The van der Waals surface area contributed by atoms with Crippen molar-refractivity contribution in [3.05, 3.63) is 75.4 Å². The van der Waals surface area contributed by atoms with Gasteiger partial charge in [0.2, 0.25) is 0 Å². The highest BCUT2D eigenvalue weighted by Gasteiger charge is 2.23.